The summed E-state index contributed by atoms with van der Waals surface area (Å²) in [5, 5.41) is 16.2. The van der Waals surface area contributed by atoms with Crippen LogP contribution in [-0.2, 0) is 14.3 Å². The SMILES string of the molecule is COCCNC(=O)C(C)NC(=O)NC(C)(C)CC(=O)O. The number of amides is 3. The number of carbonyl (C=O) groups is 3. The number of hydrogen-bond donors (Lipinski definition) is 4. The van der Waals surface area contributed by atoms with E-state index in [0.717, 1.165) is 0 Å². The van der Waals surface area contributed by atoms with E-state index in [1.807, 2.05) is 0 Å². The fraction of sp³-hybridized carbons (Fsp3) is 0.750. The van der Waals surface area contributed by atoms with Gasteiger partial charge in [-0.2, -0.15) is 0 Å². The molecule has 3 amide bonds. The Morgan fingerprint density at radius 3 is 2.40 bits per heavy atom. The predicted molar refractivity (Wildman–Crippen MR) is 72.3 cm³/mol. The van der Waals surface area contributed by atoms with Crippen molar-refractivity contribution in [2.75, 3.05) is 20.3 Å². The highest BCUT2D eigenvalue weighted by Gasteiger charge is 2.25. The van der Waals surface area contributed by atoms with Crippen molar-refractivity contribution in [3.8, 4) is 0 Å². The number of urea groups is 1. The van der Waals surface area contributed by atoms with E-state index in [-0.39, 0.29) is 12.3 Å². The van der Waals surface area contributed by atoms with Crippen LogP contribution in [0.4, 0.5) is 4.79 Å². The largest absolute Gasteiger partial charge is 0.481 e. The minimum atomic E-state index is -1.01. The van der Waals surface area contributed by atoms with Crippen LogP contribution >= 0.6 is 0 Å². The van der Waals surface area contributed by atoms with E-state index in [0.29, 0.717) is 13.2 Å². The van der Waals surface area contributed by atoms with Gasteiger partial charge in [0, 0.05) is 19.2 Å². The number of nitrogens with one attached hydrogen (secondary N) is 3. The number of carboxylic acid groups (broad SMARTS) is 1. The van der Waals surface area contributed by atoms with Crippen molar-refractivity contribution in [2.45, 2.75) is 38.8 Å². The van der Waals surface area contributed by atoms with Crippen LogP contribution in [0.3, 0.4) is 0 Å². The number of aliphatic carboxylic acids is 1. The third kappa shape index (κ3) is 8.30. The van der Waals surface area contributed by atoms with Gasteiger partial charge in [0.25, 0.3) is 0 Å². The Labute approximate surface area is 118 Å². The normalized spacial score (nSPS) is 12.4. The molecule has 0 saturated heterocycles. The molecule has 0 bridgehead atoms. The standard InChI is InChI=1S/C12H23N3O5/c1-8(10(18)13-5-6-20-4)14-11(19)15-12(2,3)7-9(16)17/h8H,5-7H2,1-4H3,(H,13,18)(H,16,17)(H2,14,15,19). The topological polar surface area (TPSA) is 117 Å². The van der Waals surface area contributed by atoms with Crippen LogP contribution in [0.2, 0.25) is 0 Å². The number of carboxylic acids is 1. The minimum Gasteiger partial charge on any atom is -0.481 e. The number of ether oxygens (including phenoxy) is 1. The quantitative estimate of drug-likeness (QED) is 0.457. The van der Waals surface area contributed by atoms with Crippen molar-refractivity contribution in [1.29, 1.82) is 0 Å². The zero-order valence-corrected chi connectivity index (χ0v) is 12.3. The lowest BCUT2D eigenvalue weighted by Crippen LogP contribution is -2.54. The molecule has 0 aromatic carbocycles. The summed E-state index contributed by atoms with van der Waals surface area (Å²) in [7, 11) is 1.52. The summed E-state index contributed by atoms with van der Waals surface area (Å²) in [5.41, 5.74) is -0.901. The molecule has 8 nitrogen and oxygen atoms in total. The molecule has 0 spiro atoms. The molecule has 8 heteroatoms. The lowest BCUT2D eigenvalue weighted by molar-refractivity contribution is -0.138. The zero-order valence-electron chi connectivity index (χ0n) is 12.3. The first-order valence-electron chi connectivity index (χ1n) is 6.25. The molecular formula is C12H23N3O5. The highest BCUT2D eigenvalue weighted by Crippen LogP contribution is 2.07. The lowest BCUT2D eigenvalue weighted by atomic mass is 10.0. The van der Waals surface area contributed by atoms with Gasteiger partial charge in [-0.25, -0.2) is 4.79 Å². The number of rotatable bonds is 8. The van der Waals surface area contributed by atoms with Gasteiger partial charge in [-0.05, 0) is 20.8 Å². The third-order valence-corrected chi connectivity index (χ3v) is 2.39. The predicted octanol–water partition coefficient (Wildman–Crippen LogP) is -0.310. The summed E-state index contributed by atoms with van der Waals surface area (Å²) in [6.45, 7) is 5.45. The lowest BCUT2D eigenvalue weighted by Gasteiger charge is -2.25. The highest BCUT2D eigenvalue weighted by atomic mass is 16.5. The first-order chi connectivity index (χ1) is 9.18. The highest BCUT2D eigenvalue weighted by molar-refractivity contribution is 5.87. The van der Waals surface area contributed by atoms with Gasteiger partial charge >= 0.3 is 12.0 Å². The summed E-state index contributed by atoms with van der Waals surface area (Å²) >= 11 is 0. The van der Waals surface area contributed by atoms with E-state index >= 15 is 0 Å². The Bertz CT molecular complexity index is 357. The van der Waals surface area contributed by atoms with Crippen LogP contribution in [0.25, 0.3) is 0 Å². The Hall–Kier alpha value is -1.83. The van der Waals surface area contributed by atoms with Crippen molar-refractivity contribution in [3.63, 3.8) is 0 Å². The summed E-state index contributed by atoms with van der Waals surface area (Å²) in [5.74, 6) is -1.35. The van der Waals surface area contributed by atoms with Gasteiger partial charge in [0.1, 0.15) is 6.04 Å². The molecule has 116 valence electrons. The average molecular weight is 289 g/mol. The second-order valence-corrected chi connectivity index (χ2v) is 5.06. The molecule has 0 aliphatic heterocycles. The van der Waals surface area contributed by atoms with Crippen LogP contribution < -0.4 is 16.0 Å². The van der Waals surface area contributed by atoms with Gasteiger partial charge in [0.15, 0.2) is 0 Å². The Morgan fingerprint density at radius 1 is 1.30 bits per heavy atom. The van der Waals surface area contributed by atoms with Crippen molar-refractivity contribution < 1.29 is 24.2 Å². The Kier molecular flexibility index (Phi) is 7.60. The molecule has 1 unspecified atom stereocenters. The van der Waals surface area contributed by atoms with E-state index in [9.17, 15) is 14.4 Å². The van der Waals surface area contributed by atoms with Crippen molar-refractivity contribution >= 4 is 17.9 Å². The maximum atomic E-state index is 11.7. The van der Waals surface area contributed by atoms with Gasteiger partial charge in [0.2, 0.25) is 5.91 Å². The summed E-state index contributed by atoms with van der Waals surface area (Å²) in [4.78, 5) is 33.9. The molecular weight excluding hydrogens is 266 g/mol. The van der Waals surface area contributed by atoms with E-state index in [2.05, 4.69) is 16.0 Å². The van der Waals surface area contributed by atoms with Crippen LogP contribution in [0.5, 0.6) is 0 Å². The van der Waals surface area contributed by atoms with Crippen molar-refractivity contribution in [2.24, 2.45) is 0 Å². The Morgan fingerprint density at radius 2 is 1.90 bits per heavy atom. The van der Waals surface area contributed by atoms with E-state index in [1.54, 1.807) is 13.8 Å². The fourth-order valence-electron chi connectivity index (χ4n) is 1.46. The monoisotopic (exact) mass is 289 g/mol. The third-order valence-electron chi connectivity index (χ3n) is 2.39. The van der Waals surface area contributed by atoms with E-state index in [4.69, 9.17) is 9.84 Å². The van der Waals surface area contributed by atoms with Crippen LogP contribution in [0, 0.1) is 0 Å². The molecule has 0 fully saturated rings. The minimum absolute atomic E-state index is 0.213. The van der Waals surface area contributed by atoms with Crippen LogP contribution in [0.15, 0.2) is 0 Å². The first kappa shape index (κ1) is 18.2. The molecule has 0 saturated carbocycles. The molecule has 0 radical (unpaired) electrons. The number of hydrogen-bond acceptors (Lipinski definition) is 4. The molecule has 0 aromatic rings. The van der Waals surface area contributed by atoms with Crippen LogP contribution in [-0.4, -0.2) is 54.9 Å². The molecule has 1 atom stereocenters. The number of carbonyl (C=O) groups excluding carboxylic acids is 2. The second-order valence-electron chi connectivity index (χ2n) is 5.06. The van der Waals surface area contributed by atoms with E-state index < -0.39 is 23.6 Å². The zero-order chi connectivity index (χ0) is 15.8. The Balaban J connectivity index is 4.18. The second kappa shape index (κ2) is 8.36. The van der Waals surface area contributed by atoms with E-state index in [1.165, 1.54) is 14.0 Å². The molecule has 0 aliphatic carbocycles. The summed E-state index contributed by atoms with van der Waals surface area (Å²) in [6.07, 6.45) is -0.213. The molecule has 20 heavy (non-hydrogen) atoms. The summed E-state index contributed by atoms with van der Waals surface area (Å²) < 4.78 is 4.79. The summed E-state index contributed by atoms with van der Waals surface area (Å²) in [6, 6.07) is -1.32. The molecule has 0 heterocycles. The van der Waals surface area contributed by atoms with Gasteiger partial charge in [0.05, 0.1) is 13.0 Å². The maximum Gasteiger partial charge on any atom is 0.315 e. The molecule has 0 aromatic heterocycles. The fourth-order valence-corrected chi connectivity index (χ4v) is 1.46. The maximum absolute atomic E-state index is 11.7. The van der Waals surface area contributed by atoms with Crippen LogP contribution in [0.1, 0.15) is 27.2 Å². The van der Waals surface area contributed by atoms with Crippen molar-refractivity contribution in [3.05, 3.63) is 0 Å². The number of methoxy groups -OCH3 is 1. The van der Waals surface area contributed by atoms with Gasteiger partial charge in [-0.15, -0.1) is 0 Å². The first-order valence-corrected chi connectivity index (χ1v) is 6.25. The smallest absolute Gasteiger partial charge is 0.315 e. The van der Waals surface area contributed by atoms with Crippen molar-refractivity contribution in [1.82, 2.24) is 16.0 Å². The molecule has 4 N–H and O–H groups in total. The van der Waals surface area contributed by atoms with Gasteiger partial charge < -0.3 is 25.8 Å². The molecule has 0 rings (SSSR count). The van der Waals surface area contributed by atoms with Gasteiger partial charge in [-0.3, -0.25) is 9.59 Å². The average Bonchev–Trinajstić information content (AvgIpc) is 2.25. The molecule has 0 aliphatic rings. The van der Waals surface area contributed by atoms with Gasteiger partial charge in [-0.1, -0.05) is 0 Å².